The van der Waals surface area contributed by atoms with E-state index in [9.17, 15) is 22.0 Å². The van der Waals surface area contributed by atoms with Crippen molar-refractivity contribution in [3.63, 3.8) is 0 Å². The molecular weight excluding hydrogens is 363 g/mol. The molecule has 1 nitrogen and oxygen atoms in total. The second kappa shape index (κ2) is 8.36. The topological polar surface area (TPSA) is 9.23 Å². The van der Waals surface area contributed by atoms with Crippen LogP contribution in [0, 0.1) is 23.7 Å². The molecule has 3 aliphatic rings. The fourth-order valence-corrected chi connectivity index (χ4v) is 4.67. The first-order valence-corrected chi connectivity index (χ1v) is 9.95. The van der Waals surface area contributed by atoms with Crippen LogP contribution in [0.4, 0.5) is 22.0 Å². The van der Waals surface area contributed by atoms with Gasteiger partial charge in [0.25, 0.3) is 0 Å². The zero-order valence-electron chi connectivity index (χ0n) is 15.6. The summed E-state index contributed by atoms with van der Waals surface area (Å²) in [6, 6.07) is 0. The Bertz CT molecular complexity index is 620. The molecule has 0 spiro atoms. The summed E-state index contributed by atoms with van der Waals surface area (Å²) in [6.07, 6.45) is 4.37. The molecule has 0 aliphatic heterocycles. The van der Waals surface area contributed by atoms with E-state index >= 15 is 0 Å². The highest BCUT2D eigenvalue weighted by molar-refractivity contribution is 5.33. The number of allylic oxidation sites excluding steroid dienone is 5. The predicted octanol–water partition coefficient (Wildman–Crippen LogP) is 7.52. The summed E-state index contributed by atoms with van der Waals surface area (Å²) in [5, 5.41) is 0. The third-order valence-electron chi connectivity index (χ3n) is 6.43. The SMILES string of the molecule is CC1CCC(C2CCC(C(F)(F)OC3=CC(F)=C(F)C(F)=CC3)CC2)CC1. The quantitative estimate of drug-likeness (QED) is 0.451. The first-order chi connectivity index (χ1) is 12.8. The lowest BCUT2D eigenvalue weighted by Gasteiger charge is -2.39. The summed E-state index contributed by atoms with van der Waals surface area (Å²) in [6.45, 7) is 2.26. The molecule has 3 aliphatic carbocycles. The number of alkyl halides is 2. The Hall–Kier alpha value is -1.33. The molecule has 0 heterocycles. The smallest absolute Gasteiger partial charge is 0.400 e. The molecule has 0 aromatic carbocycles. The normalized spacial score (nSPS) is 33.3. The Morgan fingerprint density at radius 1 is 0.889 bits per heavy atom. The van der Waals surface area contributed by atoms with Crippen LogP contribution in [0.1, 0.15) is 64.7 Å². The maximum absolute atomic E-state index is 14.6. The largest absolute Gasteiger partial charge is 0.436 e. The van der Waals surface area contributed by atoms with Crippen LogP contribution in [-0.4, -0.2) is 6.11 Å². The van der Waals surface area contributed by atoms with Crippen molar-refractivity contribution in [2.75, 3.05) is 0 Å². The molecule has 0 unspecified atom stereocenters. The van der Waals surface area contributed by atoms with Crippen LogP contribution in [0.25, 0.3) is 0 Å². The van der Waals surface area contributed by atoms with Gasteiger partial charge in [0.1, 0.15) is 5.76 Å². The van der Waals surface area contributed by atoms with Crippen molar-refractivity contribution in [3.8, 4) is 0 Å². The van der Waals surface area contributed by atoms with Gasteiger partial charge < -0.3 is 4.74 Å². The Labute approximate surface area is 157 Å². The molecule has 0 radical (unpaired) electrons. The van der Waals surface area contributed by atoms with Crippen LogP contribution < -0.4 is 0 Å². The molecule has 0 bridgehead atoms. The monoisotopic (exact) mass is 390 g/mol. The lowest BCUT2D eigenvalue weighted by atomic mass is 9.69. The standard InChI is InChI=1S/C21H27F5O/c1-13-2-4-14(5-3-13)15-6-8-16(9-7-15)21(25,26)27-17-10-11-18(22)20(24)19(23)12-17/h11-16H,2-10H2,1H3. The van der Waals surface area contributed by atoms with E-state index in [2.05, 4.69) is 6.92 Å². The average molecular weight is 390 g/mol. The van der Waals surface area contributed by atoms with Gasteiger partial charge in [0.05, 0.1) is 5.92 Å². The van der Waals surface area contributed by atoms with E-state index in [1.54, 1.807) is 0 Å². The summed E-state index contributed by atoms with van der Waals surface area (Å²) in [5.41, 5.74) is 0. The molecule has 3 rings (SSSR count). The minimum absolute atomic E-state index is 0.355. The van der Waals surface area contributed by atoms with Gasteiger partial charge in [-0.15, -0.1) is 0 Å². The predicted molar refractivity (Wildman–Crippen MR) is 93.7 cm³/mol. The number of hydrogen-bond acceptors (Lipinski definition) is 1. The van der Waals surface area contributed by atoms with Gasteiger partial charge in [0.2, 0.25) is 0 Å². The number of hydrogen-bond donors (Lipinski definition) is 0. The van der Waals surface area contributed by atoms with Crippen molar-refractivity contribution in [1.29, 1.82) is 0 Å². The second-order valence-electron chi connectivity index (χ2n) is 8.32. The van der Waals surface area contributed by atoms with Gasteiger partial charge in [-0.2, -0.15) is 8.78 Å². The zero-order valence-corrected chi connectivity index (χ0v) is 15.6. The molecule has 0 atom stereocenters. The lowest BCUT2D eigenvalue weighted by Crippen LogP contribution is -2.36. The zero-order chi connectivity index (χ0) is 19.6. The summed E-state index contributed by atoms with van der Waals surface area (Å²) >= 11 is 0. The Morgan fingerprint density at radius 2 is 1.44 bits per heavy atom. The van der Waals surface area contributed by atoms with Gasteiger partial charge in [0, 0.05) is 12.5 Å². The molecule has 27 heavy (non-hydrogen) atoms. The molecule has 6 heteroatoms. The highest BCUT2D eigenvalue weighted by atomic mass is 19.3. The molecule has 0 aromatic rings. The van der Waals surface area contributed by atoms with Crippen LogP contribution in [0.2, 0.25) is 0 Å². The maximum Gasteiger partial charge on any atom is 0.400 e. The van der Waals surface area contributed by atoms with Gasteiger partial charge >= 0.3 is 6.11 Å². The first kappa shape index (κ1) is 20.4. The summed E-state index contributed by atoms with van der Waals surface area (Å²) in [7, 11) is 0. The van der Waals surface area contributed by atoms with Crippen LogP contribution in [0.15, 0.2) is 35.4 Å². The van der Waals surface area contributed by atoms with Crippen LogP contribution in [-0.2, 0) is 4.74 Å². The van der Waals surface area contributed by atoms with Crippen molar-refractivity contribution in [1.82, 2.24) is 0 Å². The van der Waals surface area contributed by atoms with E-state index in [1.165, 1.54) is 25.7 Å². The number of ether oxygens (including phenoxy) is 1. The van der Waals surface area contributed by atoms with E-state index in [0.717, 1.165) is 18.8 Å². The highest BCUT2D eigenvalue weighted by Crippen LogP contribution is 2.46. The van der Waals surface area contributed by atoms with Crippen molar-refractivity contribution in [2.45, 2.75) is 70.8 Å². The van der Waals surface area contributed by atoms with Gasteiger partial charge in [-0.25, -0.2) is 13.2 Å². The highest BCUT2D eigenvalue weighted by Gasteiger charge is 2.45. The van der Waals surface area contributed by atoms with Crippen molar-refractivity contribution in [2.24, 2.45) is 23.7 Å². The Kier molecular flexibility index (Phi) is 6.32. The van der Waals surface area contributed by atoms with Crippen LogP contribution in [0.3, 0.4) is 0 Å². The minimum Gasteiger partial charge on any atom is -0.436 e. The molecule has 0 aromatic heterocycles. The summed E-state index contributed by atoms with van der Waals surface area (Å²) < 4.78 is 73.7. The van der Waals surface area contributed by atoms with Crippen molar-refractivity contribution >= 4 is 0 Å². The first-order valence-electron chi connectivity index (χ1n) is 9.95. The molecule has 2 saturated carbocycles. The van der Waals surface area contributed by atoms with E-state index in [4.69, 9.17) is 4.74 Å². The molecule has 0 amide bonds. The number of rotatable bonds is 4. The third-order valence-corrected chi connectivity index (χ3v) is 6.43. The third kappa shape index (κ3) is 4.94. The van der Waals surface area contributed by atoms with Crippen LogP contribution in [0.5, 0.6) is 0 Å². The summed E-state index contributed by atoms with van der Waals surface area (Å²) in [4.78, 5) is 0. The van der Waals surface area contributed by atoms with Gasteiger partial charge in [-0.3, -0.25) is 0 Å². The van der Waals surface area contributed by atoms with E-state index in [-0.39, 0.29) is 0 Å². The van der Waals surface area contributed by atoms with Gasteiger partial charge in [-0.1, -0.05) is 19.8 Å². The fraction of sp³-hybridized carbons (Fsp3) is 0.714. The van der Waals surface area contributed by atoms with E-state index in [0.29, 0.717) is 36.8 Å². The second-order valence-corrected chi connectivity index (χ2v) is 8.32. The molecule has 0 saturated heterocycles. The van der Waals surface area contributed by atoms with Crippen molar-refractivity contribution < 1.29 is 26.7 Å². The van der Waals surface area contributed by atoms with E-state index in [1.807, 2.05) is 0 Å². The van der Waals surface area contributed by atoms with E-state index < -0.39 is 41.7 Å². The Morgan fingerprint density at radius 3 is 2.04 bits per heavy atom. The molecule has 0 N–H and O–H groups in total. The van der Waals surface area contributed by atoms with Gasteiger partial charge in [0.15, 0.2) is 17.5 Å². The Balaban J connectivity index is 1.56. The fourth-order valence-electron chi connectivity index (χ4n) is 4.67. The average Bonchev–Trinajstić information content (AvgIpc) is 2.76. The summed E-state index contributed by atoms with van der Waals surface area (Å²) in [5.74, 6) is -4.12. The minimum atomic E-state index is -3.47. The molecule has 2 fully saturated rings. The van der Waals surface area contributed by atoms with Gasteiger partial charge in [-0.05, 0) is 62.4 Å². The molecule has 152 valence electrons. The van der Waals surface area contributed by atoms with Crippen LogP contribution >= 0.6 is 0 Å². The van der Waals surface area contributed by atoms with Crippen molar-refractivity contribution in [3.05, 3.63) is 35.4 Å². The number of halogens is 5. The molecular formula is C21H27F5O. The lowest BCUT2D eigenvalue weighted by molar-refractivity contribution is -0.257. The maximum atomic E-state index is 14.6.